The van der Waals surface area contributed by atoms with E-state index in [-0.39, 0.29) is 30.0 Å². The van der Waals surface area contributed by atoms with Crippen molar-refractivity contribution in [3.8, 4) is 11.5 Å². The Morgan fingerprint density at radius 1 is 1.00 bits per heavy atom. The third kappa shape index (κ3) is 7.86. The van der Waals surface area contributed by atoms with Crippen LogP contribution in [0.2, 0.25) is 0 Å². The normalized spacial score (nSPS) is 10.4. The van der Waals surface area contributed by atoms with Gasteiger partial charge in [0, 0.05) is 16.8 Å². The Bertz CT molecular complexity index is 1030. The minimum Gasteiger partial charge on any atom is -0.494 e. The van der Waals surface area contributed by atoms with Gasteiger partial charge in [0.25, 0.3) is 5.91 Å². The zero-order valence-electron chi connectivity index (χ0n) is 17.3. The molecule has 0 fully saturated rings. The fourth-order valence-corrected chi connectivity index (χ4v) is 4.06. The third-order valence-electron chi connectivity index (χ3n) is 3.91. The van der Waals surface area contributed by atoms with Gasteiger partial charge in [-0.3, -0.25) is 14.9 Å². The van der Waals surface area contributed by atoms with Gasteiger partial charge in [-0.2, -0.15) is 0 Å². The molecular weight excluding hydrogens is 453 g/mol. The van der Waals surface area contributed by atoms with Crippen LogP contribution in [-0.2, 0) is 15.3 Å². The predicted molar refractivity (Wildman–Crippen MR) is 125 cm³/mol. The number of nitrogens with one attached hydrogen (secondary N) is 2. The van der Waals surface area contributed by atoms with Crippen molar-refractivity contribution in [2.75, 3.05) is 29.6 Å². The third-order valence-corrected chi connectivity index (χ3v) is 5.69. The second-order valence-electron chi connectivity index (χ2n) is 6.43. The molecular formula is C22H22FN3O4S2. The lowest BCUT2D eigenvalue weighted by molar-refractivity contribution is -0.118. The molecule has 2 aromatic carbocycles. The molecule has 2 N–H and O–H groups in total. The molecule has 0 aliphatic heterocycles. The number of halogens is 1. The Morgan fingerprint density at radius 2 is 1.69 bits per heavy atom. The van der Waals surface area contributed by atoms with Crippen LogP contribution in [0.15, 0.2) is 53.9 Å². The molecule has 1 aromatic heterocycles. The van der Waals surface area contributed by atoms with E-state index in [1.165, 1.54) is 47.4 Å². The lowest BCUT2D eigenvalue weighted by Crippen LogP contribution is -2.20. The Balaban J connectivity index is 1.36. The summed E-state index contributed by atoms with van der Waals surface area (Å²) in [5.41, 5.74) is 1.31. The van der Waals surface area contributed by atoms with Gasteiger partial charge in [0.05, 0.1) is 18.1 Å². The summed E-state index contributed by atoms with van der Waals surface area (Å²) < 4.78 is 23.7. The van der Waals surface area contributed by atoms with Gasteiger partial charge < -0.3 is 14.8 Å². The van der Waals surface area contributed by atoms with E-state index in [1.807, 2.05) is 12.3 Å². The molecule has 0 spiro atoms. The van der Waals surface area contributed by atoms with Crippen LogP contribution < -0.4 is 20.1 Å². The molecule has 3 rings (SSSR count). The zero-order chi connectivity index (χ0) is 22.8. The summed E-state index contributed by atoms with van der Waals surface area (Å²) in [6, 6.07) is 12.6. The first kappa shape index (κ1) is 23.6. The van der Waals surface area contributed by atoms with Gasteiger partial charge in [0.15, 0.2) is 11.7 Å². The van der Waals surface area contributed by atoms with Crippen molar-refractivity contribution in [3.63, 3.8) is 0 Å². The first-order valence-corrected chi connectivity index (χ1v) is 11.8. The number of hydrogen-bond acceptors (Lipinski definition) is 7. The number of amides is 2. The number of anilines is 2. The van der Waals surface area contributed by atoms with E-state index < -0.39 is 0 Å². The molecule has 0 aliphatic rings. The number of benzene rings is 2. The Hall–Kier alpha value is -3.11. The van der Waals surface area contributed by atoms with E-state index in [4.69, 9.17) is 9.47 Å². The molecule has 0 saturated heterocycles. The van der Waals surface area contributed by atoms with Gasteiger partial charge in [-0.25, -0.2) is 9.37 Å². The summed E-state index contributed by atoms with van der Waals surface area (Å²) in [4.78, 5) is 28.4. The van der Waals surface area contributed by atoms with Crippen LogP contribution in [0.25, 0.3) is 0 Å². The van der Waals surface area contributed by atoms with E-state index in [0.717, 1.165) is 11.4 Å². The molecule has 0 saturated carbocycles. The summed E-state index contributed by atoms with van der Waals surface area (Å²) in [6.45, 7) is 2.35. The van der Waals surface area contributed by atoms with Gasteiger partial charge in [-0.1, -0.05) is 0 Å². The summed E-state index contributed by atoms with van der Waals surface area (Å²) in [5.74, 6) is 1.21. The van der Waals surface area contributed by atoms with E-state index in [2.05, 4.69) is 15.6 Å². The fourth-order valence-electron chi connectivity index (χ4n) is 2.51. The maximum Gasteiger partial charge on any atom is 0.264 e. The maximum atomic E-state index is 12.9. The highest BCUT2D eigenvalue weighted by atomic mass is 32.2. The van der Waals surface area contributed by atoms with Crippen molar-refractivity contribution < 1.29 is 23.5 Å². The highest BCUT2D eigenvalue weighted by Crippen LogP contribution is 2.21. The molecule has 0 unspecified atom stereocenters. The first-order valence-electron chi connectivity index (χ1n) is 9.75. The van der Waals surface area contributed by atoms with E-state index >= 15 is 0 Å². The van der Waals surface area contributed by atoms with Crippen molar-refractivity contribution in [1.29, 1.82) is 0 Å². The highest BCUT2D eigenvalue weighted by Gasteiger charge is 2.09. The quantitative estimate of drug-likeness (QED) is 0.422. The standard InChI is InChI=1S/C22H22FN3O4S2/c1-2-29-18-7-9-19(10-8-18)30-11-20(27)26-22-25-17(13-32-22)12-31-14-21(28)24-16-5-3-15(23)4-6-16/h3-10,13H,2,11-12,14H2,1H3,(H,24,28)(H,25,26,27). The van der Waals surface area contributed by atoms with Crippen LogP contribution in [0.1, 0.15) is 12.6 Å². The SMILES string of the molecule is CCOc1ccc(OCC(=O)Nc2nc(CSCC(=O)Nc3ccc(F)cc3)cs2)cc1. The molecule has 32 heavy (non-hydrogen) atoms. The summed E-state index contributed by atoms with van der Waals surface area (Å²) in [5, 5.41) is 7.70. The Morgan fingerprint density at radius 3 is 2.38 bits per heavy atom. The molecule has 10 heteroatoms. The monoisotopic (exact) mass is 475 g/mol. The van der Waals surface area contributed by atoms with E-state index in [1.54, 1.807) is 24.3 Å². The number of carbonyl (C=O) groups is 2. The van der Waals surface area contributed by atoms with Crippen LogP contribution in [-0.4, -0.2) is 35.8 Å². The number of rotatable bonds is 11. The average molecular weight is 476 g/mol. The Kier molecular flexibility index (Phi) is 8.88. The lowest BCUT2D eigenvalue weighted by atomic mass is 10.3. The molecule has 0 bridgehead atoms. The number of aromatic nitrogens is 1. The van der Waals surface area contributed by atoms with E-state index in [9.17, 15) is 14.0 Å². The molecule has 1 heterocycles. The topological polar surface area (TPSA) is 89.6 Å². The fraction of sp³-hybridized carbons (Fsp3) is 0.227. The summed E-state index contributed by atoms with van der Waals surface area (Å²) >= 11 is 2.70. The van der Waals surface area contributed by atoms with Crippen molar-refractivity contribution in [3.05, 3.63) is 65.4 Å². The molecule has 2 amide bonds. The summed E-state index contributed by atoms with van der Waals surface area (Å²) in [6.07, 6.45) is 0. The first-order chi connectivity index (χ1) is 15.5. The molecule has 3 aromatic rings. The number of thioether (sulfide) groups is 1. The van der Waals surface area contributed by atoms with Crippen molar-refractivity contribution in [1.82, 2.24) is 4.98 Å². The number of carbonyl (C=O) groups excluding carboxylic acids is 2. The van der Waals surface area contributed by atoms with Crippen molar-refractivity contribution >= 4 is 45.7 Å². The van der Waals surface area contributed by atoms with Crippen LogP contribution in [0, 0.1) is 5.82 Å². The smallest absolute Gasteiger partial charge is 0.264 e. The number of nitrogens with zero attached hydrogens (tertiary/aromatic N) is 1. The minimum absolute atomic E-state index is 0.138. The Labute approximate surface area is 193 Å². The molecule has 0 aliphatic carbocycles. The van der Waals surface area contributed by atoms with Gasteiger partial charge in [0.2, 0.25) is 5.91 Å². The minimum atomic E-state index is -0.355. The largest absolute Gasteiger partial charge is 0.494 e. The lowest BCUT2D eigenvalue weighted by Gasteiger charge is -2.07. The number of ether oxygens (including phenoxy) is 2. The van der Waals surface area contributed by atoms with Gasteiger partial charge in [0.1, 0.15) is 17.3 Å². The molecule has 0 atom stereocenters. The van der Waals surface area contributed by atoms with Crippen LogP contribution >= 0.6 is 23.1 Å². The van der Waals surface area contributed by atoms with Crippen molar-refractivity contribution in [2.45, 2.75) is 12.7 Å². The van der Waals surface area contributed by atoms with Crippen molar-refractivity contribution in [2.24, 2.45) is 0 Å². The molecule has 0 radical (unpaired) electrons. The maximum absolute atomic E-state index is 12.9. The molecule has 168 valence electrons. The van der Waals surface area contributed by atoms with Crippen LogP contribution in [0.5, 0.6) is 11.5 Å². The van der Waals surface area contributed by atoms with Gasteiger partial charge in [-0.15, -0.1) is 23.1 Å². The molecule has 7 nitrogen and oxygen atoms in total. The van der Waals surface area contributed by atoms with Gasteiger partial charge >= 0.3 is 0 Å². The van der Waals surface area contributed by atoms with Crippen LogP contribution in [0.4, 0.5) is 15.2 Å². The van der Waals surface area contributed by atoms with E-state index in [0.29, 0.717) is 28.9 Å². The number of hydrogen-bond donors (Lipinski definition) is 2. The zero-order valence-corrected chi connectivity index (χ0v) is 18.9. The summed E-state index contributed by atoms with van der Waals surface area (Å²) in [7, 11) is 0. The number of thiazole rings is 1. The highest BCUT2D eigenvalue weighted by molar-refractivity contribution is 7.99. The van der Waals surface area contributed by atoms with Crippen LogP contribution in [0.3, 0.4) is 0 Å². The predicted octanol–water partition coefficient (Wildman–Crippen LogP) is 4.57. The second-order valence-corrected chi connectivity index (χ2v) is 8.28. The average Bonchev–Trinajstić information content (AvgIpc) is 3.22. The van der Waals surface area contributed by atoms with Gasteiger partial charge in [-0.05, 0) is 55.5 Å². The second kappa shape index (κ2) is 12.1.